The van der Waals surface area contributed by atoms with Gasteiger partial charge in [0.1, 0.15) is 10.6 Å². The average molecular weight is 335 g/mol. The Hall–Kier alpha value is -1.86. The van der Waals surface area contributed by atoms with E-state index >= 15 is 0 Å². The molecule has 3 rings (SSSR count). The molecule has 0 saturated carbocycles. The third kappa shape index (κ3) is 3.11. The van der Waals surface area contributed by atoms with Gasteiger partial charge in [-0.3, -0.25) is 0 Å². The molecule has 0 spiro atoms. The van der Waals surface area contributed by atoms with Crippen LogP contribution in [0.1, 0.15) is 29.0 Å². The molecule has 6 nitrogen and oxygen atoms in total. The monoisotopic (exact) mass is 335 g/mol. The SMILES string of the molecule is Cc1noc(C)c1S(=O)(=O)NCc1ccc2c(c1)CCCN2C. The van der Waals surface area contributed by atoms with E-state index in [2.05, 4.69) is 34.0 Å². The van der Waals surface area contributed by atoms with Crippen molar-refractivity contribution in [3.8, 4) is 0 Å². The number of sulfonamides is 1. The molecule has 23 heavy (non-hydrogen) atoms. The lowest BCUT2D eigenvalue weighted by Gasteiger charge is -2.27. The van der Waals surface area contributed by atoms with Gasteiger partial charge in [-0.05, 0) is 43.9 Å². The van der Waals surface area contributed by atoms with E-state index in [9.17, 15) is 8.42 Å². The molecule has 0 fully saturated rings. The van der Waals surface area contributed by atoms with Crippen LogP contribution in [-0.4, -0.2) is 27.2 Å². The summed E-state index contributed by atoms with van der Waals surface area (Å²) in [5.41, 5.74) is 3.83. The van der Waals surface area contributed by atoms with E-state index < -0.39 is 10.0 Å². The zero-order chi connectivity index (χ0) is 16.6. The van der Waals surface area contributed by atoms with Crippen LogP contribution < -0.4 is 9.62 Å². The zero-order valence-electron chi connectivity index (χ0n) is 13.6. The summed E-state index contributed by atoms with van der Waals surface area (Å²) >= 11 is 0. The Morgan fingerprint density at radius 1 is 1.35 bits per heavy atom. The van der Waals surface area contributed by atoms with Crippen molar-refractivity contribution in [3.05, 3.63) is 40.8 Å². The van der Waals surface area contributed by atoms with Crippen LogP contribution in [0.5, 0.6) is 0 Å². The molecule has 0 aliphatic carbocycles. The van der Waals surface area contributed by atoms with E-state index in [0.29, 0.717) is 11.5 Å². The van der Waals surface area contributed by atoms with Crippen LogP contribution in [0.2, 0.25) is 0 Å². The number of benzene rings is 1. The van der Waals surface area contributed by atoms with Crippen molar-refractivity contribution in [2.75, 3.05) is 18.5 Å². The van der Waals surface area contributed by atoms with Crippen LogP contribution in [0.4, 0.5) is 5.69 Å². The smallest absolute Gasteiger partial charge is 0.246 e. The Kier molecular flexibility index (Phi) is 4.16. The van der Waals surface area contributed by atoms with Gasteiger partial charge in [-0.2, -0.15) is 0 Å². The highest BCUT2D eigenvalue weighted by molar-refractivity contribution is 7.89. The number of aryl methyl sites for hydroxylation is 3. The van der Waals surface area contributed by atoms with Gasteiger partial charge in [-0.15, -0.1) is 0 Å². The lowest BCUT2D eigenvalue weighted by Crippen LogP contribution is -2.26. The number of nitrogens with zero attached hydrogens (tertiary/aromatic N) is 2. The van der Waals surface area contributed by atoms with Gasteiger partial charge in [0.05, 0.1) is 0 Å². The summed E-state index contributed by atoms with van der Waals surface area (Å²) in [5.74, 6) is 0.307. The second-order valence-electron chi connectivity index (χ2n) is 5.97. The van der Waals surface area contributed by atoms with Gasteiger partial charge in [0.2, 0.25) is 10.0 Å². The number of hydrogen-bond donors (Lipinski definition) is 1. The van der Waals surface area contributed by atoms with Crippen LogP contribution in [-0.2, 0) is 23.0 Å². The van der Waals surface area contributed by atoms with Crippen LogP contribution in [0, 0.1) is 13.8 Å². The molecule has 0 radical (unpaired) electrons. The number of hydrogen-bond acceptors (Lipinski definition) is 5. The fourth-order valence-electron chi connectivity index (χ4n) is 3.06. The minimum absolute atomic E-state index is 0.134. The van der Waals surface area contributed by atoms with Gasteiger partial charge < -0.3 is 9.42 Å². The van der Waals surface area contributed by atoms with Crippen molar-refractivity contribution < 1.29 is 12.9 Å². The van der Waals surface area contributed by atoms with Crippen LogP contribution in [0.3, 0.4) is 0 Å². The molecular formula is C16H21N3O3S. The van der Waals surface area contributed by atoms with Gasteiger partial charge >= 0.3 is 0 Å². The standard InChI is InChI=1S/C16H21N3O3S/c1-11-16(12(2)22-18-11)23(20,21)17-10-13-6-7-15-14(9-13)5-4-8-19(15)3/h6-7,9,17H,4-5,8,10H2,1-3H3. The summed E-state index contributed by atoms with van der Waals surface area (Å²) in [5, 5.41) is 3.70. The fourth-order valence-corrected chi connectivity index (χ4v) is 4.40. The van der Waals surface area contributed by atoms with Crippen molar-refractivity contribution in [1.82, 2.24) is 9.88 Å². The van der Waals surface area contributed by atoms with E-state index in [4.69, 9.17) is 4.52 Å². The second-order valence-corrected chi connectivity index (χ2v) is 7.67. The molecule has 0 saturated heterocycles. The number of anilines is 1. The summed E-state index contributed by atoms with van der Waals surface area (Å²) in [6.07, 6.45) is 2.15. The molecule has 1 N–H and O–H groups in total. The van der Waals surface area contributed by atoms with Gasteiger partial charge in [0.25, 0.3) is 0 Å². The third-order valence-corrected chi connectivity index (χ3v) is 5.84. The molecule has 0 amide bonds. The Labute approximate surface area is 136 Å². The highest BCUT2D eigenvalue weighted by Crippen LogP contribution is 2.27. The largest absolute Gasteiger partial charge is 0.374 e. The first-order valence-electron chi connectivity index (χ1n) is 7.64. The maximum atomic E-state index is 12.4. The molecule has 2 heterocycles. The average Bonchev–Trinajstić information content (AvgIpc) is 2.85. The first-order valence-corrected chi connectivity index (χ1v) is 9.12. The third-order valence-electron chi connectivity index (χ3n) is 4.20. The normalized spacial score (nSPS) is 14.8. The summed E-state index contributed by atoms with van der Waals surface area (Å²) in [4.78, 5) is 2.37. The van der Waals surface area contributed by atoms with Crippen molar-refractivity contribution in [2.45, 2.75) is 38.1 Å². The van der Waals surface area contributed by atoms with Crippen LogP contribution in [0.15, 0.2) is 27.6 Å². The van der Waals surface area contributed by atoms with Crippen molar-refractivity contribution >= 4 is 15.7 Å². The number of aromatic nitrogens is 1. The van der Waals surface area contributed by atoms with E-state index in [1.807, 2.05) is 6.07 Å². The van der Waals surface area contributed by atoms with Crippen molar-refractivity contribution in [3.63, 3.8) is 0 Å². The van der Waals surface area contributed by atoms with Gasteiger partial charge in [0.15, 0.2) is 5.76 Å². The van der Waals surface area contributed by atoms with Crippen molar-refractivity contribution in [2.24, 2.45) is 0 Å². The van der Waals surface area contributed by atoms with Gasteiger partial charge in [0, 0.05) is 25.8 Å². The number of fused-ring (bicyclic) bond motifs is 1. The summed E-state index contributed by atoms with van der Waals surface area (Å²) in [6.45, 7) is 4.54. The summed E-state index contributed by atoms with van der Waals surface area (Å²) in [7, 11) is -1.54. The molecule has 1 aliphatic rings. The van der Waals surface area contributed by atoms with E-state index in [1.54, 1.807) is 13.8 Å². The van der Waals surface area contributed by atoms with Crippen LogP contribution in [0.25, 0.3) is 0 Å². The van der Waals surface area contributed by atoms with E-state index in [1.165, 1.54) is 11.3 Å². The van der Waals surface area contributed by atoms with Crippen molar-refractivity contribution in [1.29, 1.82) is 0 Å². The fraction of sp³-hybridized carbons (Fsp3) is 0.438. The topological polar surface area (TPSA) is 75.4 Å². The van der Waals surface area contributed by atoms with E-state index in [0.717, 1.165) is 24.9 Å². The zero-order valence-corrected chi connectivity index (χ0v) is 14.4. The highest BCUT2D eigenvalue weighted by Gasteiger charge is 2.24. The molecule has 124 valence electrons. The molecule has 1 aliphatic heterocycles. The molecule has 0 unspecified atom stereocenters. The molecule has 0 bridgehead atoms. The first-order chi connectivity index (χ1) is 10.9. The highest BCUT2D eigenvalue weighted by atomic mass is 32.2. The molecule has 0 atom stereocenters. The predicted molar refractivity (Wildman–Crippen MR) is 88.0 cm³/mol. The molecule has 1 aromatic heterocycles. The quantitative estimate of drug-likeness (QED) is 0.926. The summed E-state index contributed by atoms with van der Waals surface area (Å²) in [6, 6.07) is 6.12. The summed E-state index contributed by atoms with van der Waals surface area (Å²) < 4.78 is 32.4. The lowest BCUT2D eigenvalue weighted by atomic mass is 10.00. The Morgan fingerprint density at radius 2 is 2.13 bits per heavy atom. The maximum absolute atomic E-state index is 12.4. The minimum atomic E-state index is -3.63. The maximum Gasteiger partial charge on any atom is 0.246 e. The predicted octanol–water partition coefficient (Wildman–Crippen LogP) is 2.15. The second kappa shape index (κ2) is 5.98. The van der Waals surface area contributed by atoms with Gasteiger partial charge in [-0.1, -0.05) is 17.3 Å². The molecular weight excluding hydrogens is 314 g/mol. The Morgan fingerprint density at radius 3 is 2.83 bits per heavy atom. The number of rotatable bonds is 4. The Bertz CT molecular complexity index is 808. The molecule has 1 aromatic carbocycles. The lowest BCUT2D eigenvalue weighted by molar-refractivity contribution is 0.390. The minimum Gasteiger partial charge on any atom is -0.374 e. The molecule has 7 heteroatoms. The van der Waals surface area contributed by atoms with E-state index in [-0.39, 0.29) is 11.4 Å². The van der Waals surface area contributed by atoms with Gasteiger partial charge in [-0.25, -0.2) is 13.1 Å². The molecule has 2 aromatic rings. The first kappa shape index (κ1) is 16.0. The Balaban J connectivity index is 1.78. The number of nitrogens with one attached hydrogen (secondary N) is 1. The van der Waals surface area contributed by atoms with Crippen LogP contribution >= 0.6 is 0 Å².